The molecule has 4 unspecified atom stereocenters. The summed E-state index contributed by atoms with van der Waals surface area (Å²) >= 11 is 0. The van der Waals surface area contributed by atoms with Crippen LogP contribution in [0.3, 0.4) is 0 Å². The second-order valence-electron chi connectivity index (χ2n) is 5.62. The first-order valence-corrected chi connectivity index (χ1v) is 6.20. The molecular weight excluding hydrogens is 224 g/mol. The van der Waals surface area contributed by atoms with Crippen molar-refractivity contribution in [2.24, 2.45) is 23.5 Å². The van der Waals surface area contributed by atoms with Gasteiger partial charge in [0, 0.05) is 19.1 Å². The van der Waals surface area contributed by atoms with Crippen LogP contribution in [0.2, 0.25) is 0 Å². The second kappa shape index (κ2) is 4.19. The highest BCUT2D eigenvalue weighted by atomic mass is 35.5. The van der Waals surface area contributed by atoms with Crippen LogP contribution < -0.4 is 5.73 Å². The minimum atomic E-state index is 0. The molecule has 4 heteroatoms. The SMILES string of the molecule is CN(C(=O)C1C2CCC(C2)C1N)C1CC1.Cl. The Balaban J connectivity index is 0.000000963. The second-order valence-corrected chi connectivity index (χ2v) is 5.62. The summed E-state index contributed by atoms with van der Waals surface area (Å²) in [6.07, 6.45) is 6.07. The monoisotopic (exact) mass is 244 g/mol. The van der Waals surface area contributed by atoms with Crippen molar-refractivity contribution in [1.82, 2.24) is 4.90 Å². The molecule has 0 saturated heterocycles. The van der Waals surface area contributed by atoms with Crippen molar-refractivity contribution in [2.75, 3.05) is 7.05 Å². The summed E-state index contributed by atoms with van der Waals surface area (Å²) in [6.45, 7) is 0. The summed E-state index contributed by atoms with van der Waals surface area (Å²) < 4.78 is 0. The minimum absolute atomic E-state index is 0. The number of hydrogen-bond donors (Lipinski definition) is 1. The maximum atomic E-state index is 12.3. The Bertz CT molecular complexity index is 291. The lowest BCUT2D eigenvalue weighted by atomic mass is 9.84. The number of carbonyl (C=O) groups excluding carboxylic acids is 1. The zero-order valence-electron chi connectivity index (χ0n) is 9.76. The van der Waals surface area contributed by atoms with Crippen LogP contribution in [0.15, 0.2) is 0 Å². The molecule has 0 radical (unpaired) electrons. The fourth-order valence-corrected chi connectivity index (χ4v) is 3.58. The van der Waals surface area contributed by atoms with E-state index >= 15 is 0 Å². The lowest BCUT2D eigenvalue weighted by molar-refractivity contribution is -0.136. The molecule has 1 amide bonds. The summed E-state index contributed by atoms with van der Waals surface area (Å²) in [5, 5.41) is 0. The van der Waals surface area contributed by atoms with Crippen molar-refractivity contribution in [3.05, 3.63) is 0 Å². The van der Waals surface area contributed by atoms with E-state index in [-0.39, 0.29) is 24.4 Å². The van der Waals surface area contributed by atoms with Gasteiger partial charge in [-0.05, 0) is 43.9 Å². The summed E-state index contributed by atoms with van der Waals surface area (Å²) in [5.74, 6) is 1.71. The maximum absolute atomic E-state index is 12.3. The Morgan fingerprint density at radius 3 is 2.31 bits per heavy atom. The Morgan fingerprint density at radius 1 is 1.19 bits per heavy atom. The minimum Gasteiger partial charge on any atom is -0.342 e. The van der Waals surface area contributed by atoms with Gasteiger partial charge in [0.05, 0.1) is 5.92 Å². The molecular formula is C12H21ClN2O. The molecule has 2 bridgehead atoms. The fourth-order valence-electron chi connectivity index (χ4n) is 3.58. The standard InChI is InChI=1S/C12H20N2O.ClH/c1-14(9-4-5-9)12(15)10-7-2-3-8(6-7)11(10)13;/h7-11H,2-6,13H2,1H3;1H. The van der Waals surface area contributed by atoms with E-state index in [4.69, 9.17) is 5.73 Å². The molecule has 3 fully saturated rings. The molecule has 0 aliphatic heterocycles. The Labute approximate surface area is 103 Å². The zero-order chi connectivity index (χ0) is 10.6. The van der Waals surface area contributed by atoms with Gasteiger partial charge < -0.3 is 10.6 Å². The van der Waals surface area contributed by atoms with Crippen molar-refractivity contribution >= 4 is 18.3 Å². The first-order valence-electron chi connectivity index (χ1n) is 6.20. The van der Waals surface area contributed by atoms with Crippen LogP contribution in [0.4, 0.5) is 0 Å². The van der Waals surface area contributed by atoms with Crippen LogP contribution in [-0.2, 0) is 4.79 Å². The van der Waals surface area contributed by atoms with E-state index in [9.17, 15) is 4.79 Å². The van der Waals surface area contributed by atoms with Crippen molar-refractivity contribution in [2.45, 2.75) is 44.2 Å². The third kappa shape index (κ3) is 1.74. The number of amides is 1. The van der Waals surface area contributed by atoms with Crippen molar-refractivity contribution in [1.29, 1.82) is 0 Å². The zero-order valence-corrected chi connectivity index (χ0v) is 10.6. The van der Waals surface area contributed by atoms with Crippen LogP contribution >= 0.6 is 12.4 Å². The molecule has 3 nitrogen and oxygen atoms in total. The van der Waals surface area contributed by atoms with Gasteiger partial charge in [0.25, 0.3) is 0 Å². The van der Waals surface area contributed by atoms with Gasteiger partial charge in [0.2, 0.25) is 5.91 Å². The number of nitrogens with zero attached hydrogens (tertiary/aromatic N) is 1. The van der Waals surface area contributed by atoms with Gasteiger partial charge in [-0.15, -0.1) is 12.4 Å². The van der Waals surface area contributed by atoms with Crippen molar-refractivity contribution < 1.29 is 4.79 Å². The number of rotatable bonds is 2. The molecule has 4 atom stereocenters. The van der Waals surface area contributed by atoms with E-state index in [1.165, 1.54) is 32.1 Å². The molecule has 92 valence electrons. The van der Waals surface area contributed by atoms with Crippen LogP contribution in [-0.4, -0.2) is 29.9 Å². The van der Waals surface area contributed by atoms with Gasteiger partial charge in [-0.25, -0.2) is 0 Å². The highest BCUT2D eigenvalue weighted by molar-refractivity contribution is 5.85. The highest BCUT2D eigenvalue weighted by Crippen LogP contribution is 2.48. The van der Waals surface area contributed by atoms with Crippen LogP contribution in [0.25, 0.3) is 0 Å². The van der Waals surface area contributed by atoms with Gasteiger partial charge in [0.1, 0.15) is 0 Å². The Kier molecular flexibility index (Phi) is 3.19. The predicted octanol–water partition coefficient (Wildman–Crippen LogP) is 1.40. The average molecular weight is 245 g/mol. The van der Waals surface area contributed by atoms with E-state index in [1.54, 1.807) is 0 Å². The highest BCUT2D eigenvalue weighted by Gasteiger charge is 2.50. The number of halogens is 1. The summed E-state index contributed by atoms with van der Waals surface area (Å²) in [7, 11) is 1.96. The molecule has 0 heterocycles. The van der Waals surface area contributed by atoms with Crippen LogP contribution in [0.1, 0.15) is 32.1 Å². The smallest absolute Gasteiger partial charge is 0.227 e. The van der Waals surface area contributed by atoms with Gasteiger partial charge >= 0.3 is 0 Å². The number of nitrogens with two attached hydrogens (primary N) is 1. The summed E-state index contributed by atoms with van der Waals surface area (Å²) in [4.78, 5) is 14.2. The summed E-state index contributed by atoms with van der Waals surface area (Å²) in [6, 6.07) is 0.682. The number of hydrogen-bond acceptors (Lipinski definition) is 2. The molecule has 2 N–H and O–H groups in total. The number of fused-ring (bicyclic) bond motifs is 2. The molecule has 0 spiro atoms. The lowest BCUT2D eigenvalue weighted by Gasteiger charge is -2.30. The van der Waals surface area contributed by atoms with E-state index in [0.717, 1.165) is 0 Å². The maximum Gasteiger partial charge on any atom is 0.227 e. The molecule has 0 aromatic carbocycles. The van der Waals surface area contributed by atoms with E-state index < -0.39 is 0 Å². The number of carbonyl (C=O) groups is 1. The molecule has 3 rings (SSSR count). The van der Waals surface area contributed by atoms with Crippen molar-refractivity contribution in [3.63, 3.8) is 0 Å². The predicted molar refractivity (Wildman–Crippen MR) is 65.3 cm³/mol. The van der Waals surface area contributed by atoms with E-state index in [1.807, 2.05) is 11.9 Å². The van der Waals surface area contributed by atoms with Gasteiger partial charge in [0.15, 0.2) is 0 Å². The Hall–Kier alpha value is -0.280. The van der Waals surface area contributed by atoms with E-state index in [0.29, 0.717) is 23.8 Å². The third-order valence-electron chi connectivity index (χ3n) is 4.71. The molecule has 3 saturated carbocycles. The molecule has 3 aliphatic carbocycles. The van der Waals surface area contributed by atoms with Crippen LogP contribution in [0.5, 0.6) is 0 Å². The van der Waals surface area contributed by atoms with Gasteiger partial charge in [-0.3, -0.25) is 4.79 Å². The summed E-state index contributed by atoms with van der Waals surface area (Å²) in [5.41, 5.74) is 6.18. The van der Waals surface area contributed by atoms with Gasteiger partial charge in [-0.1, -0.05) is 0 Å². The Morgan fingerprint density at radius 2 is 1.81 bits per heavy atom. The quantitative estimate of drug-likeness (QED) is 0.798. The fraction of sp³-hybridized carbons (Fsp3) is 0.917. The van der Waals surface area contributed by atoms with Gasteiger partial charge in [-0.2, -0.15) is 0 Å². The van der Waals surface area contributed by atoms with E-state index in [2.05, 4.69) is 0 Å². The lowest BCUT2D eigenvalue weighted by Crippen LogP contribution is -2.46. The molecule has 0 aromatic heterocycles. The topological polar surface area (TPSA) is 46.3 Å². The first-order chi connectivity index (χ1) is 7.18. The molecule has 0 aromatic rings. The first kappa shape index (κ1) is 12.2. The van der Waals surface area contributed by atoms with Crippen LogP contribution in [0, 0.1) is 17.8 Å². The van der Waals surface area contributed by atoms with Crippen molar-refractivity contribution in [3.8, 4) is 0 Å². The third-order valence-corrected chi connectivity index (χ3v) is 4.71. The largest absolute Gasteiger partial charge is 0.342 e. The molecule has 3 aliphatic rings. The molecule has 16 heavy (non-hydrogen) atoms. The normalized spacial score (nSPS) is 40.6. The average Bonchev–Trinajstić information content (AvgIpc) is 2.90.